The lowest BCUT2D eigenvalue weighted by atomic mass is 9.90. The maximum atomic E-state index is 10.6. The minimum Gasteiger partial charge on any atom is -0.393 e. The van der Waals surface area contributed by atoms with E-state index in [1.807, 2.05) is 0 Å². The van der Waals surface area contributed by atoms with Crippen LogP contribution in [0.3, 0.4) is 0 Å². The van der Waals surface area contributed by atoms with Crippen LogP contribution >= 0.6 is 0 Å². The van der Waals surface area contributed by atoms with Crippen LogP contribution in [0.4, 0.5) is 0 Å². The molecule has 0 aromatic carbocycles. The number of unbranched alkanes of at least 4 members (excludes halogenated alkanes) is 13. The van der Waals surface area contributed by atoms with Crippen molar-refractivity contribution in [3.63, 3.8) is 0 Å². The van der Waals surface area contributed by atoms with Crippen LogP contribution in [0.1, 0.15) is 267 Å². The molecule has 0 saturated heterocycles. The zero-order valence-electron chi connectivity index (χ0n) is 38.6. The van der Waals surface area contributed by atoms with Gasteiger partial charge in [-0.25, -0.2) is 0 Å². The van der Waals surface area contributed by atoms with Gasteiger partial charge in [0.1, 0.15) is 0 Å². The van der Waals surface area contributed by atoms with Gasteiger partial charge in [-0.05, 0) is 87.4 Å². The highest BCUT2D eigenvalue weighted by molar-refractivity contribution is 4.94. The molecule has 2 heteroatoms. The molecule has 0 amide bonds. The number of allylic oxidation sites excluding steroid dienone is 2. The Bertz CT molecular complexity index is 804. The van der Waals surface area contributed by atoms with Gasteiger partial charge in [-0.2, -0.15) is 0 Å². The second kappa shape index (κ2) is 39.1. The summed E-state index contributed by atoms with van der Waals surface area (Å²) in [4.78, 5) is 0. The summed E-state index contributed by atoms with van der Waals surface area (Å²) in [7, 11) is 0. The van der Waals surface area contributed by atoms with Crippen molar-refractivity contribution < 1.29 is 5.11 Å². The standard InChI is InChI=1S/C52H103NO/c1-10-12-14-16-18-20-22-30-48(6)42-43-49(7)36-27-34-46(4)32-26-33-47(5)37-29-41-52(54)40-25-24-31-45(3)35-28-38-50(8)44-53-51(9)39-23-21-19-17-15-13-11-2/h45-47,49-50,52-54H,6,9-44H2,1-5,7-8H3. The SMILES string of the molecule is C=C(CCCCCCCCC)CCC(C)CCCC(C)CCCC(C)CCCC(O)CCCCC(C)CCCC(C)CNC(=C)CCCCCCCCC. The van der Waals surface area contributed by atoms with Crippen LogP contribution in [-0.2, 0) is 0 Å². The Hall–Kier alpha value is -0.760. The maximum absolute atomic E-state index is 10.6. The summed E-state index contributed by atoms with van der Waals surface area (Å²) in [5.74, 6) is 4.03. The second-order valence-corrected chi connectivity index (χ2v) is 19.2. The molecule has 0 aromatic rings. The molecule has 6 unspecified atom stereocenters. The first-order valence-electron chi connectivity index (χ1n) is 24.8. The molecule has 0 heterocycles. The maximum Gasteiger partial charge on any atom is 0.0540 e. The highest BCUT2D eigenvalue weighted by Crippen LogP contribution is 2.25. The third-order valence-corrected chi connectivity index (χ3v) is 12.8. The minimum atomic E-state index is -0.0908. The molecular weight excluding hydrogens is 655 g/mol. The van der Waals surface area contributed by atoms with E-state index in [4.69, 9.17) is 0 Å². The predicted molar refractivity (Wildman–Crippen MR) is 246 cm³/mol. The number of nitrogens with one attached hydrogen (secondary N) is 1. The Kier molecular flexibility index (Phi) is 38.5. The molecule has 0 bridgehead atoms. The summed E-state index contributed by atoms with van der Waals surface area (Å²) in [5.41, 5.74) is 2.74. The van der Waals surface area contributed by atoms with Crippen LogP contribution in [0, 0.1) is 29.6 Å². The van der Waals surface area contributed by atoms with E-state index in [-0.39, 0.29) is 6.10 Å². The van der Waals surface area contributed by atoms with E-state index in [0.29, 0.717) is 0 Å². The molecule has 0 aromatic heterocycles. The highest BCUT2D eigenvalue weighted by atomic mass is 16.3. The van der Waals surface area contributed by atoms with Gasteiger partial charge in [0.15, 0.2) is 0 Å². The van der Waals surface area contributed by atoms with E-state index >= 15 is 0 Å². The molecule has 322 valence electrons. The summed E-state index contributed by atoms with van der Waals surface area (Å²) >= 11 is 0. The van der Waals surface area contributed by atoms with Gasteiger partial charge in [0.2, 0.25) is 0 Å². The molecular formula is C52H103NO. The quantitative estimate of drug-likeness (QED) is 0.0479. The normalized spacial score (nSPS) is 15.1. The number of hydrogen-bond acceptors (Lipinski definition) is 2. The zero-order valence-corrected chi connectivity index (χ0v) is 38.6. The highest BCUT2D eigenvalue weighted by Gasteiger charge is 2.11. The molecule has 0 radical (unpaired) electrons. The van der Waals surface area contributed by atoms with E-state index in [9.17, 15) is 5.11 Å². The van der Waals surface area contributed by atoms with Gasteiger partial charge in [0, 0.05) is 12.2 Å². The van der Waals surface area contributed by atoms with E-state index in [1.165, 1.54) is 210 Å². The topological polar surface area (TPSA) is 32.3 Å². The molecule has 0 aliphatic heterocycles. The zero-order chi connectivity index (χ0) is 40.1. The summed E-state index contributed by atoms with van der Waals surface area (Å²) in [6, 6.07) is 0. The number of rotatable bonds is 43. The summed E-state index contributed by atoms with van der Waals surface area (Å²) in [5, 5.41) is 14.2. The van der Waals surface area contributed by atoms with Crippen molar-refractivity contribution in [2.24, 2.45) is 29.6 Å². The summed E-state index contributed by atoms with van der Waals surface area (Å²) < 4.78 is 0. The van der Waals surface area contributed by atoms with Crippen LogP contribution in [0.15, 0.2) is 24.4 Å². The van der Waals surface area contributed by atoms with E-state index in [0.717, 1.165) is 55.4 Å². The van der Waals surface area contributed by atoms with Gasteiger partial charge in [-0.1, -0.05) is 228 Å². The Labute approximate surface area is 342 Å². The van der Waals surface area contributed by atoms with Crippen LogP contribution in [0.2, 0.25) is 0 Å². The third-order valence-electron chi connectivity index (χ3n) is 12.8. The summed E-state index contributed by atoms with van der Waals surface area (Å²) in [6.45, 7) is 26.5. The van der Waals surface area contributed by atoms with E-state index < -0.39 is 0 Å². The average Bonchev–Trinajstić information content (AvgIpc) is 3.14. The van der Waals surface area contributed by atoms with Gasteiger partial charge < -0.3 is 10.4 Å². The van der Waals surface area contributed by atoms with Gasteiger partial charge >= 0.3 is 0 Å². The van der Waals surface area contributed by atoms with E-state index in [1.54, 1.807) is 0 Å². The largest absolute Gasteiger partial charge is 0.393 e. The molecule has 0 aliphatic carbocycles. The lowest BCUT2D eigenvalue weighted by molar-refractivity contribution is 0.144. The molecule has 6 atom stereocenters. The van der Waals surface area contributed by atoms with E-state index in [2.05, 4.69) is 66.9 Å². The Balaban J connectivity index is 3.68. The van der Waals surface area contributed by atoms with Gasteiger partial charge in [-0.15, -0.1) is 0 Å². The smallest absolute Gasteiger partial charge is 0.0540 e. The monoisotopic (exact) mass is 758 g/mol. The minimum absolute atomic E-state index is 0.0908. The second-order valence-electron chi connectivity index (χ2n) is 19.2. The van der Waals surface area contributed by atoms with Crippen molar-refractivity contribution in [1.82, 2.24) is 5.32 Å². The fourth-order valence-corrected chi connectivity index (χ4v) is 8.45. The van der Waals surface area contributed by atoms with Crippen LogP contribution in [0.5, 0.6) is 0 Å². The van der Waals surface area contributed by atoms with Crippen molar-refractivity contribution in [3.8, 4) is 0 Å². The van der Waals surface area contributed by atoms with Crippen molar-refractivity contribution in [2.75, 3.05) is 6.54 Å². The van der Waals surface area contributed by atoms with Crippen LogP contribution < -0.4 is 5.32 Å². The molecule has 0 aliphatic rings. The van der Waals surface area contributed by atoms with Crippen LogP contribution in [-0.4, -0.2) is 17.8 Å². The lowest BCUT2D eigenvalue weighted by Gasteiger charge is -2.17. The molecule has 54 heavy (non-hydrogen) atoms. The molecule has 0 saturated carbocycles. The fourth-order valence-electron chi connectivity index (χ4n) is 8.45. The molecule has 2 nitrogen and oxygen atoms in total. The van der Waals surface area contributed by atoms with Crippen LogP contribution in [0.25, 0.3) is 0 Å². The van der Waals surface area contributed by atoms with Crippen molar-refractivity contribution >= 4 is 0 Å². The third kappa shape index (κ3) is 38.1. The summed E-state index contributed by atoms with van der Waals surface area (Å²) in [6.07, 6.45) is 44.8. The first kappa shape index (κ1) is 53.2. The molecule has 0 spiro atoms. The lowest BCUT2D eigenvalue weighted by Crippen LogP contribution is -2.20. The van der Waals surface area contributed by atoms with Gasteiger partial charge in [-0.3, -0.25) is 0 Å². The van der Waals surface area contributed by atoms with Gasteiger partial charge in [0.05, 0.1) is 6.10 Å². The van der Waals surface area contributed by atoms with Gasteiger partial charge in [0.25, 0.3) is 0 Å². The van der Waals surface area contributed by atoms with Crippen molar-refractivity contribution in [2.45, 2.75) is 273 Å². The van der Waals surface area contributed by atoms with Crippen molar-refractivity contribution in [3.05, 3.63) is 24.4 Å². The Morgan fingerprint density at radius 1 is 0.389 bits per heavy atom. The fraction of sp³-hybridized carbons (Fsp3) is 0.923. The first-order chi connectivity index (χ1) is 26.1. The van der Waals surface area contributed by atoms with Crippen molar-refractivity contribution in [1.29, 1.82) is 0 Å². The Morgan fingerprint density at radius 2 is 0.741 bits per heavy atom. The first-order valence-corrected chi connectivity index (χ1v) is 24.8. The number of aliphatic hydroxyl groups excluding tert-OH is 1. The number of aliphatic hydroxyl groups is 1. The number of hydrogen-bond donors (Lipinski definition) is 2. The molecule has 2 N–H and O–H groups in total. The Morgan fingerprint density at radius 3 is 1.24 bits per heavy atom. The average molecular weight is 758 g/mol. The molecule has 0 fully saturated rings. The predicted octanol–water partition coefficient (Wildman–Crippen LogP) is 17.5. The molecule has 0 rings (SSSR count).